The molecule has 1 atom stereocenters. The third-order valence-corrected chi connectivity index (χ3v) is 8.73. The molecule has 0 spiro atoms. The largest absolute Gasteiger partial charge is 0.354 e. The molecule has 0 saturated carbocycles. The van der Waals surface area contributed by atoms with Gasteiger partial charge in [0.1, 0.15) is 12.6 Å². The summed E-state index contributed by atoms with van der Waals surface area (Å²) in [5, 5.41) is 3.27. The van der Waals surface area contributed by atoms with Gasteiger partial charge in [-0.25, -0.2) is 8.42 Å². The third kappa shape index (κ3) is 7.61. The number of nitrogens with one attached hydrogen (secondary N) is 1. The summed E-state index contributed by atoms with van der Waals surface area (Å²) < 4.78 is 28.8. The second-order valence-electron chi connectivity index (χ2n) is 9.54. The van der Waals surface area contributed by atoms with Crippen molar-refractivity contribution in [3.63, 3.8) is 0 Å². The van der Waals surface area contributed by atoms with E-state index in [9.17, 15) is 18.0 Å². The molecule has 0 saturated heterocycles. The van der Waals surface area contributed by atoms with Crippen LogP contribution in [0.2, 0.25) is 5.02 Å². The summed E-state index contributed by atoms with van der Waals surface area (Å²) in [5.74, 6) is -0.797. The van der Waals surface area contributed by atoms with Crippen molar-refractivity contribution >= 4 is 39.1 Å². The lowest BCUT2D eigenvalue weighted by molar-refractivity contribution is -0.139. The Labute approximate surface area is 236 Å². The molecule has 0 unspecified atom stereocenters. The van der Waals surface area contributed by atoms with Crippen molar-refractivity contribution in [2.75, 3.05) is 17.4 Å². The Morgan fingerprint density at radius 1 is 0.974 bits per heavy atom. The van der Waals surface area contributed by atoms with E-state index < -0.39 is 28.5 Å². The van der Waals surface area contributed by atoms with E-state index in [-0.39, 0.29) is 17.3 Å². The molecule has 0 radical (unpaired) electrons. The highest BCUT2D eigenvalue weighted by atomic mass is 35.5. The fourth-order valence-electron chi connectivity index (χ4n) is 4.23. The summed E-state index contributed by atoms with van der Waals surface area (Å²) in [5.41, 5.74) is 2.69. The number of hydrogen-bond donors (Lipinski definition) is 1. The molecule has 1 N–H and O–H groups in total. The second kappa shape index (κ2) is 13.6. The standard InChI is InChI=1S/C30H36ClN3O4S/c1-5-6-18-32-30(36)24(4)33(20-25-13-10-12-22(2)19-25)29(35)21-34(28-17-11-16-27(31)23(28)3)39(37,38)26-14-8-7-9-15-26/h7-17,19,24H,5-6,18,20-21H2,1-4H3,(H,32,36)/t24-/m0/s1. The highest BCUT2D eigenvalue weighted by Crippen LogP contribution is 2.31. The molecule has 0 aliphatic heterocycles. The van der Waals surface area contributed by atoms with E-state index in [0.29, 0.717) is 22.8 Å². The first-order valence-corrected chi connectivity index (χ1v) is 14.8. The average Bonchev–Trinajstić information content (AvgIpc) is 2.92. The highest BCUT2D eigenvalue weighted by Gasteiger charge is 2.33. The number of unbranched alkanes of at least 4 members (excludes halogenated alkanes) is 1. The molecule has 0 fully saturated rings. The smallest absolute Gasteiger partial charge is 0.264 e. The lowest BCUT2D eigenvalue weighted by Gasteiger charge is -2.32. The molecule has 0 aliphatic rings. The van der Waals surface area contributed by atoms with Crippen molar-refractivity contribution in [2.45, 2.75) is 58.0 Å². The first-order chi connectivity index (χ1) is 18.6. The van der Waals surface area contributed by atoms with Crippen LogP contribution in [0.4, 0.5) is 5.69 Å². The number of carbonyl (C=O) groups excluding carboxylic acids is 2. The summed E-state index contributed by atoms with van der Waals surface area (Å²) >= 11 is 6.36. The molecule has 3 aromatic carbocycles. The fraction of sp³-hybridized carbons (Fsp3) is 0.333. The number of anilines is 1. The van der Waals surface area contributed by atoms with Crippen molar-refractivity contribution < 1.29 is 18.0 Å². The minimum absolute atomic E-state index is 0.0489. The van der Waals surface area contributed by atoms with E-state index >= 15 is 0 Å². The molecule has 0 bridgehead atoms. The van der Waals surface area contributed by atoms with Crippen LogP contribution in [0.5, 0.6) is 0 Å². The van der Waals surface area contributed by atoms with Gasteiger partial charge in [0.05, 0.1) is 10.6 Å². The monoisotopic (exact) mass is 569 g/mol. The maximum absolute atomic E-state index is 14.0. The SMILES string of the molecule is CCCCNC(=O)[C@H](C)N(Cc1cccc(C)c1)C(=O)CN(c1cccc(Cl)c1C)S(=O)(=O)c1ccccc1. The lowest BCUT2D eigenvalue weighted by atomic mass is 10.1. The lowest BCUT2D eigenvalue weighted by Crippen LogP contribution is -2.51. The minimum atomic E-state index is -4.14. The van der Waals surface area contributed by atoms with E-state index in [0.717, 1.165) is 28.3 Å². The molecule has 0 aliphatic carbocycles. The number of carbonyl (C=O) groups is 2. The van der Waals surface area contributed by atoms with Gasteiger partial charge in [0.25, 0.3) is 10.0 Å². The molecule has 39 heavy (non-hydrogen) atoms. The van der Waals surface area contributed by atoms with Crippen LogP contribution in [0.25, 0.3) is 0 Å². The number of nitrogens with zero attached hydrogens (tertiary/aromatic N) is 2. The van der Waals surface area contributed by atoms with Crippen LogP contribution in [0.15, 0.2) is 77.7 Å². The van der Waals surface area contributed by atoms with Crippen molar-refractivity contribution in [2.24, 2.45) is 0 Å². The summed E-state index contributed by atoms with van der Waals surface area (Å²) in [4.78, 5) is 28.5. The summed E-state index contributed by atoms with van der Waals surface area (Å²) in [6.45, 7) is 7.50. The van der Waals surface area contributed by atoms with Crippen LogP contribution in [0.3, 0.4) is 0 Å². The second-order valence-corrected chi connectivity index (χ2v) is 11.8. The van der Waals surface area contributed by atoms with Crippen molar-refractivity contribution in [1.82, 2.24) is 10.2 Å². The zero-order chi connectivity index (χ0) is 28.6. The van der Waals surface area contributed by atoms with Gasteiger partial charge in [0, 0.05) is 18.1 Å². The molecule has 7 nitrogen and oxygen atoms in total. The Bertz CT molecular complexity index is 1400. The Kier molecular flexibility index (Phi) is 10.5. The average molecular weight is 570 g/mol. The zero-order valence-electron chi connectivity index (χ0n) is 22.9. The molecule has 3 aromatic rings. The molecule has 9 heteroatoms. The summed E-state index contributed by atoms with van der Waals surface area (Å²) in [7, 11) is -4.14. The van der Waals surface area contributed by atoms with E-state index in [1.54, 1.807) is 50.2 Å². The van der Waals surface area contributed by atoms with Crippen LogP contribution >= 0.6 is 11.6 Å². The van der Waals surface area contributed by atoms with Gasteiger partial charge in [-0.15, -0.1) is 0 Å². The van der Waals surface area contributed by atoms with Crippen LogP contribution in [0, 0.1) is 13.8 Å². The van der Waals surface area contributed by atoms with Crippen molar-refractivity contribution in [1.29, 1.82) is 0 Å². The van der Waals surface area contributed by atoms with Gasteiger partial charge in [-0.2, -0.15) is 0 Å². The van der Waals surface area contributed by atoms with Gasteiger partial charge < -0.3 is 10.2 Å². The van der Waals surface area contributed by atoms with Crippen molar-refractivity contribution in [3.05, 3.63) is 94.5 Å². The third-order valence-electron chi connectivity index (χ3n) is 6.55. The number of aryl methyl sites for hydroxylation is 1. The number of halogens is 1. The molecular formula is C30H36ClN3O4S. The first kappa shape index (κ1) is 30.2. The van der Waals surface area contributed by atoms with Gasteiger partial charge >= 0.3 is 0 Å². The van der Waals surface area contributed by atoms with Gasteiger partial charge in [-0.3, -0.25) is 13.9 Å². The quantitative estimate of drug-likeness (QED) is 0.292. The van der Waals surface area contributed by atoms with Gasteiger partial charge in [-0.05, 0) is 62.6 Å². The Morgan fingerprint density at radius 3 is 2.33 bits per heavy atom. The topological polar surface area (TPSA) is 86.8 Å². The van der Waals surface area contributed by atoms with Crippen LogP contribution in [-0.4, -0.2) is 44.3 Å². The van der Waals surface area contributed by atoms with E-state index in [1.165, 1.54) is 17.0 Å². The predicted octanol–water partition coefficient (Wildman–Crippen LogP) is 5.49. The maximum Gasteiger partial charge on any atom is 0.264 e. The Balaban J connectivity index is 2.03. The molecule has 0 aromatic heterocycles. The fourth-order valence-corrected chi connectivity index (χ4v) is 5.89. The van der Waals surface area contributed by atoms with Crippen LogP contribution in [0.1, 0.15) is 43.4 Å². The predicted molar refractivity (Wildman–Crippen MR) is 156 cm³/mol. The van der Waals surface area contributed by atoms with Gasteiger partial charge in [0.2, 0.25) is 11.8 Å². The van der Waals surface area contributed by atoms with Crippen LogP contribution in [-0.2, 0) is 26.2 Å². The van der Waals surface area contributed by atoms with Gasteiger partial charge in [-0.1, -0.05) is 79.0 Å². The number of hydrogen-bond acceptors (Lipinski definition) is 4. The minimum Gasteiger partial charge on any atom is -0.354 e. The first-order valence-electron chi connectivity index (χ1n) is 13.0. The number of rotatable bonds is 12. The van der Waals surface area contributed by atoms with Crippen LogP contribution < -0.4 is 9.62 Å². The number of benzene rings is 3. The summed E-state index contributed by atoms with van der Waals surface area (Å²) in [6, 6.07) is 19.7. The molecule has 208 valence electrons. The molecular weight excluding hydrogens is 534 g/mol. The molecule has 3 rings (SSSR count). The van der Waals surface area contributed by atoms with Crippen molar-refractivity contribution in [3.8, 4) is 0 Å². The normalized spacial score (nSPS) is 12.0. The summed E-state index contributed by atoms with van der Waals surface area (Å²) in [6.07, 6.45) is 1.74. The Hall–Kier alpha value is -3.36. The number of sulfonamides is 1. The molecule has 0 heterocycles. The van der Waals surface area contributed by atoms with E-state index in [2.05, 4.69) is 5.32 Å². The van der Waals surface area contributed by atoms with E-state index in [4.69, 9.17) is 11.6 Å². The van der Waals surface area contributed by atoms with E-state index in [1.807, 2.05) is 38.1 Å². The molecule has 2 amide bonds. The zero-order valence-corrected chi connectivity index (χ0v) is 24.4. The number of amides is 2. The maximum atomic E-state index is 14.0. The van der Waals surface area contributed by atoms with Gasteiger partial charge in [0.15, 0.2) is 0 Å². The highest BCUT2D eigenvalue weighted by molar-refractivity contribution is 7.92. The Morgan fingerprint density at radius 2 is 1.67 bits per heavy atom.